The van der Waals surface area contributed by atoms with E-state index in [0.29, 0.717) is 0 Å². The number of fused-ring (bicyclic) bond motifs is 18. The predicted molar refractivity (Wildman–Crippen MR) is 576 cm³/mol. The molecule has 0 fully saturated rings. The van der Waals surface area contributed by atoms with Crippen molar-refractivity contribution in [1.29, 1.82) is 0 Å². The monoisotopic (exact) mass is 1710 g/mol. The highest BCUT2D eigenvalue weighted by Crippen LogP contribution is 2.57. The Bertz CT molecular complexity index is 8580. The molecule has 0 atom stereocenters. The Balaban J connectivity index is 0.802. The van der Waals surface area contributed by atoms with Gasteiger partial charge < -0.3 is 18.9 Å². The Labute approximate surface area is 784 Å². The van der Waals surface area contributed by atoms with Crippen molar-refractivity contribution in [2.75, 3.05) is 9.80 Å². The van der Waals surface area contributed by atoms with E-state index in [4.69, 9.17) is 0 Å². The second-order valence-corrected chi connectivity index (χ2v) is 37.7. The third-order valence-corrected chi connectivity index (χ3v) is 29.1. The lowest BCUT2D eigenvalue weighted by molar-refractivity contribution is 0.590. The van der Waals surface area contributed by atoms with Crippen LogP contribution in [0.5, 0.6) is 0 Å². The molecule has 630 valence electrons. The van der Waals surface area contributed by atoms with Crippen LogP contribution in [0.4, 0.5) is 34.1 Å². The standard InChI is InChI=1S/C130H87BN4/c1-130(2,3)100-78-123-125-124(79-100)135(129-113(88-36-12-6-13-37-88)76-99(77-114(129)89-38-14-7-15-39-89)106-53-29-47-85-41-21-25-49-104(85)106)122-81-102(133-120-69-61-97(95-57-55-83-31-17-19-45-93(83)71-95)73-116(120)110-65-59-91-43-23-27-51-108(91)127(110)133)63-67-118(122)131(125)117-66-62-101(132-119-68-60-96(94-56-54-82-30-16-18-44-92(82)70-94)72-115(119)109-64-58-90-42-22-26-50-107(90)126(109)132)80-121(117)134(123)128-111(86-32-8-4-9-33-86)74-98(75-112(128)87-34-10-5-11-35-87)105-52-28-46-84-40-20-24-48-103(84)105/h4-81H,1-3H3. The van der Waals surface area contributed by atoms with Crippen LogP contribution in [-0.2, 0) is 5.41 Å². The van der Waals surface area contributed by atoms with Gasteiger partial charge in [0, 0.05) is 88.7 Å². The van der Waals surface area contributed by atoms with Gasteiger partial charge in [0.05, 0.1) is 33.4 Å². The Morgan fingerprint density at radius 1 is 0.193 bits per heavy atom. The minimum absolute atomic E-state index is 0.359. The average molecular weight is 1720 g/mol. The van der Waals surface area contributed by atoms with Crippen molar-refractivity contribution in [3.8, 4) is 100 Å². The van der Waals surface area contributed by atoms with E-state index in [1.54, 1.807) is 0 Å². The minimum Gasteiger partial charge on any atom is -0.310 e. The van der Waals surface area contributed by atoms with E-state index >= 15 is 0 Å². The number of hydrogen-bond acceptors (Lipinski definition) is 2. The summed E-state index contributed by atoms with van der Waals surface area (Å²) in [5.74, 6) is 0. The third-order valence-electron chi connectivity index (χ3n) is 29.1. The molecule has 2 aliphatic heterocycles. The summed E-state index contributed by atoms with van der Waals surface area (Å²) in [6.45, 7) is 6.89. The second-order valence-electron chi connectivity index (χ2n) is 37.7. The van der Waals surface area contributed by atoms with E-state index in [1.165, 1.54) is 142 Å². The Morgan fingerprint density at radius 2 is 0.511 bits per heavy atom. The van der Waals surface area contributed by atoms with Gasteiger partial charge in [0.1, 0.15) is 0 Å². The van der Waals surface area contributed by atoms with Crippen molar-refractivity contribution in [2.45, 2.75) is 26.2 Å². The van der Waals surface area contributed by atoms with Gasteiger partial charge in [-0.1, -0.05) is 397 Å². The molecule has 4 nitrogen and oxygen atoms in total. The maximum absolute atomic E-state index is 2.76. The number of anilines is 6. The Kier molecular flexibility index (Phi) is 17.7. The van der Waals surface area contributed by atoms with Crippen LogP contribution in [0.1, 0.15) is 26.3 Å². The zero-order valence-corrected chi connectivity index (χ0v) is 74.9. The zero-order chi connectivity index (χ0) is 89.3. The van der Waals surface area contributed by atoms with Crippen LogP contribution in [0.25, 0.3) is 209 Å². The molecule has 0 spiro atoms. The van der Waals surface area contributed by atoms with Gasteiger partial charge in [-0.2, -0.15) is 0 Å². The van der Waals surface area contributed by atoms with E-state index in [9.17, 15) is 0 Å². The Morgan fingerprint density at radius 3 is 0.896 bits per heavy atom. The molecule has 135 heavy (non-hydrogen) atoms. The first-order chi connectivity index (χ1) is 66.6. The van der Waals surface area contributed by atoms with Crippen molar-refractivity contribution >= 4 is 165 Å². The van der Waals surface area contributed by atoms with Crippen molar-refractivity contribution in [2.24, 2.45) is 0 Å². The summed E-state index contributed by atoms with van der Waals surface area (Å²) in [5.41, 5.74) is 35.8. The molecule has 5 heteroatoms. The molecule has 0 saturated carbocycles. The molecule has 2 aliphatic rings. The summed E-state index contributed by atoms with van der Waals surface area (Å²) in [6, 6.07) is 180. The molecule has 0 N–H and O–H groups in total. The summed E-state index contributed by atoms with van der Waals surface area (Å²) in [4.78, 5) is 5.52. The highest BCUT2D eigenvalue weighted by molar-refractivity contribution is 7.00. The molecule has 0 amide bonds. The summed E-state index contributed by atoms with van der Waals surface area (Å²) in [5, 5.41) is 19.2. The van der Waals surface area contributed by atoms with Gasteiger partial charge in [0.2, 0.25) is 0 Å². The maximum Gasteiger partial charge on any atom is 0.252 e. The van der Waals surface area contributed by atoms with Gasteiger partial charge in [-0.15, -0.1) is 0 Å². The van der Waals surface area contributed by atoms with Gasteiger partial charge in [-0.3, -0.25) is 0 Å². The fourth-order valence-corrected chi connectivity index (χ4v) is 22.7. The van der Waals surface area contributed by atoms with E-state index in [0.717, 1.165) is 123 Å². The molecule has 4 heterocycles. The van der Waals surface area contributed by atoms with E-state index in [1.807, 2.05) is 0 Å². The molecular weight excluding hydrogens is 1630 g/mol. The molecular formula is C130H87BN4. The summed E-state index contributed by atoms with van der Waals surface area (Å²) in [7, 11) is 0. The average Bonchev–Trinajstić information content (AvgIpc) is 0.972. The second kappa shape index (κ2) is 30.8. The molecule has 0 saturated heterocycles. The lowest BCUT2D eigenvalue weighted by atomic mass is 9.33. The molecule has 27 rings (SSSR count). The van der Waals surface area contributed by atoms with Crippen molar-refractivity contribution in [3.05, 3.63) is 479 Å². The largest absolute Gasteiger partial charge is 0.310 e. The topological polar surface area (TPSA) is 16.3 Å². The summed E-state index contributed by atoms with van der Waals surface area (Å²) in [6.07, 6.45) is 0. The molecule has 23 aromatic carbocycles. The fourth-order valence-electron chi connectivity index (χ4n) is 22.7. The van der Waals surface area contributed by atoms with Crippen LogP contribution in [-0.4, -0.2) is 15.8 Å². The van der Waals surface area contributed by atoms with Crippen molar-refractivity contribution < 1.29 is 0 Å². The summed E-state index contributed by atoms with van der Waals surface area (Å²) < 4.78 is 5.20. The number of nitrogens with zero attached hydrogens (tertiary/aromatic N) is 4. The summed E-state index contributed by atoms with van der Waals surface area (Å²) >= 11 is 0. The smallest absolute Gasteiger partial charge is 0.252 e. The van der Waals surface area contributed by atoms with Gasteiger partial charge in [0.25, 0.3) is 6.71 Å². The predicted octanol–water partition coefficient (Wildman–Crippen LogP) is 33.5. The first-order valence-corrected chi connectivity index (χ1v) is 47.1. The number of benzene rings is 23. The number of rotatable bonds is 12. The maximum atomic E-state index is 2.76. The lowest BCUT2D eigenvalue weighted by Gasteiger charge is -2.46. The van der Waals surface area contributed by atoms with Crippen LogP contribution >= 0.6 is 0 Å². The van der Waals surface area contributed by atoms with Gasteiger partial charge in [-0.25, -0.2) is 0 Å². The van der Waals surface area contributed by atoms with Crippen molar-refractivity contribution in [3.63, 3.8) is 0 Å². The molecule has 0 unspecified atom stereocenters. The molecule has 0 aliphatic carbocycles. The first kappa shape index (κ1) is 77.8. The Hall–Kier alpha value is -17.1. The fraction of sp³-hybridized carbons (Fsp3) is 0.0308. The lowest BCUT2D eigenvalue weighted by Crippen LogP contribution is -2.61. The van der Waals surface area contributed by atoms with Crippen LogP contribution < -0.4 is 26.2 Å². The van der Waals surface area contributed by atoms with E-state index in [2.05, 4.69) is 513 Å². The van der Waals surface area contributed by atoms with Gasteiger partial charge in [0.15, 0.2) is 0 Å². The van der Waals surface area contributed by atoms with E-state index in [-0.39, 0.29) is 6.71 Å². The van der Waals surface area contributed by atoms with Crippen LogP contribution in [0.2, 0.25) is 0 Å². The van der Waals surface area contributed by atoms with Crippen LogP contribution in [0.3, 0.4) is 0 Å². The minimum atomic E-state index is -0.431. The molecule has 2 aromatic heterocycles. The van der Waals surface area contributed by atoms with E-state index < -0.39 is 5.41 Å². The number of hydrogen-bond donors (Lipinski definition) is 0. The molecule has 25 aromatic rings. The van der Waals surface area contributed by atoms with Crippen LogP contribution in [0.15, 0.2) is 473 Å². The van der Waals surface area contributed by atoms with Gasteiger partial charge in [-0.05, 0) is 245 Å². The zero-order valence-electron chi connectivity index (χ0n) is 74.9. The van der Waals surface area contributed by atoms with Crippen LogP contribution in [0, 0.1) is 0 Å². The highest BCUT2D eigenvalue weighted by Gasteiger charge is 2.47. The normalized spacial score (nSPS) is 12.5. The number of aromatic nitrogens is 2. The molecule has 0 bridgehead atoms. The van der Waals surface area contributed by atoms with Gasteiger partial charge >= 0.3 is 0 Å². The first-order valence-electron chi connectivity index (χ1n) is 47.1. The molecule has 0 radical (unpaired) electrons. The third kappa shape index (κ3) is 12.5. The van der Waals surface area contributed by atoms with Crippen molar-refractivity contribution in [1.82, 2.24) is 9.13 Å². The quantitative estimate of drug-likeness (QED) is 0.113. The SMILES string of the molecule is CC(C)(C)c1cc2c3c(c1)N(c1c(-c4ccccc4)cc(-c4cccc5ccccc45)cc1-c1ccccc1)c1cc(-n4c5ccc(-c6ccc7ccccc7c6)cc5c5ccc6ccccc6c54)ccc1B3c1ccc(-n3c4ccc(-c5ccc6ccccc6c5)cc4c4ccc5ccccc5c43)cc1N2c1c(-c2ccccc2)cc(-c2cccc3ccccc23)cc1-c1ccccc1. The highest BCUT2D eigenvalue weighted by atomic mass is 15.2.